The zero-order chi connectivity index (χ0) is 18.1. The van der Waals surface area contributed by atoms with Crippen molar-refractivity contribution in [1.82, 2.24) is 0 Å². The summed E-state index contributed by atoms with van der Waals surface area (Å²) in [7, 11) is 0. The molecule has 1 fully saturated rings. The minimum Gasteiger partial charge on any atom is -0.324 e. The maximum absolute atomic E-state index is 2.42. The fourth-order valence-electron chi connectivity index (χ4n) is 5.13. The molecule has 0 atom stereocenters. The molecule has 24 heavy (non-hydrogen) atoms. The van der Waals surface area contributed by atoms with Crippen LogP contribution in [0, 0.1) is 0 Å². The zero-order valence-electron chi connectivity index (χ0n) is 17.9. The highest BCUT2D eigenvalue weighted by molar-refractivity contribution is 4.52. The maximum Gasteiger partial charge on any atom is 0.0840 e. The van der Waals surface area contributed by atoms with E-state index in [0.29, 0.717) is 0 Å². The van der Waals surface area contributed by atoms with Crippen LogP contribution in [0.15, 0.2) is 0 Å². The molecular formula is C21H48N3+3. The Labute approximate surface area is 153 Å². The Kier molecular flexibility index (Phi) is 9.25. The Hall–Kier alpha value is -0.120. The Balaban J connectivity index is 2.97. The second-order valence-corrected chi connectivity index (χ2v) is 8.32. The molecule has 0 aromatic rings. The Morgan fingerprint density at radius 3 is 0.667 bits per heavy atom. The number of hydrogen-bond acceptors (Lipinski definition) is 0. The molecule has 0 radical (unpaired) electrons. The van der Waals surface area contributed by atoms with Crippen molar-refractivity contribution in [3.8, 4) is 0 Å². The lowest BCUT2D eigenvalue weighted by Gasteiger charge is -2.44. The predicted octanol–water partition coefficient (Wildman–Crippen LogP) is 3.74. The first-order chi connectivity index (χ1) is 11.5. The summed E-state index contributed by atoms with van der Waals surface area (Å²) in [5.74, 6) is 0. The summed E-state index contributed by atoms with van der Waals surface area (Å²) in [4.78, 5) is 0. The lowest BCUT2D eigenvalue weighted by Crippen LogP contribution is -2.57. The summed E-state index contributed by atoms with van der Waals surface area (Å²) in [5, 5.41) is 0. The van der Waals surface area contributed by atoms with Crippen molar-refractivity contribution in [3.63, 3.8) is 0 Å². The molecule has 0 aliphatic carbocycles. The van der Waals surface area contributed by atoms with Crippen molar-refractivity contribution in [2.75, 3.05) is 78.5 Å². The summed E-state index contributed by atoms with van der Waals surface area (Å²) >= 11 is 0. The summed E-state index contributed by atoms with van der Waals surface area (Å²) in [6, 6.07) is 0. The molecule has 0 bridgehead atoms. The monoisotopic (exact) mass is 342 g/mol. The molecule has 1 aliphatic rings. The average molecular weight is 343 g/mol. The van der Waals surface area contributed by atoms with Gasteiger partial charge < -0.3 is 13.4 Å². The SMILES string of the molecule is CC[N+]1(CC)CCC[N+](CC)(CC)CCC[N+](CC)(CC)CCC1. The summed E-state index contributed by atoms with van der Waals surface area (Å²) in [5.41, 5.74) is 0. The molecule has 1 heterocycles. The lowest BCUT2D eigenvalue weighted by molar-refractivity contribution is -0.960. The second-order valence-electron chi connectivity index (χ2n) is 8.32. The van der Waals surface area contributed by atoms with Gasteiger partial charge in [0, 0.05) is 19.3 Å². The van der Waals surface area contributed by atoms with Crippen LogP contribution in [0.25, 0.3) is 0 Å². The molecule has 0 unspecified atom stereocenters. The first-order valence-corrected chi connectivity index (χ1v) is 11.0. The van der Waals surface area contributed by atoms with Gasteiger partial charge in [0.1, 0.15) is 0 Å². The van der Waals surface area contributed by atoms with Crippen molar-refractivity contribution >= 4 is 0 Å². The Bertz CT molecular complexity index is 258. The fourth-order valence-corrected chi connectivity index (χ4v) is 5.13. The molecule has 0 amide bonds. The van der Waals surface area contributed by atoms with E-state index < -0.39 is 0 Å². The highest BCUT2D eigenvalue weighted by Gasteiger charge is 2.32. The van der Waals surface area contributed by atoms with Crippen molar-refractivity contribution < 1.29 is 13.4 Å². The van der Waals surface area contributed by atoms with E-state index in [-0.39, 0.29) is 0 Å². The van der Waals surface area contributed by atoms with E-state index in [4.69, 9.17) is 0 Å². The van der Waals surface area contributed by atoms with Crippen LogP contribution in [0.1, 0.15) is 60.8 Å². The molecule has 1 aliphatic heterocycles. The average Bonchev–Trinajstić information content (AvgIpc) is 2.63. The van der Waals surface area contributed by atoms with Crippen molar-refractivity contribution in [3.05, 3.63) is 0 Å². The Morgan fingerprint density at radius 2 is 0.542 bits per heavy atom. The van der Waals surface area contributed by atoms with Gasteiger partial charge in [0.2, 0.25) is 0 Å². The molecule has 1 rings (SSSR count). The third kappa shape index (κ3) is 5.44. The van der Waals surface area contributed by atoms with Crippen LogP contribution in [0.4, 0.5) is 0 Å². The summed E-state index contributed by atoms with van der Waals surface area (Å²) in [6.07, 6.45) is 4.22. The number of hydrogen-bond donors (Lipinski definition) is 0. The highest BCUT2D eigenvalue weighted by atomic mass is 15.4. The molecule has 0 N–H and O–H groups in total. The normalized spacial score (nSPS) is 24.8. The van der Waals surface area contributed by atoms with E-state index in [0.717, 1.165) is 0 Å². The molecule has 0 aromatic carbocycles. The van der Waals surface area contributed by atoms with Gasteiger partial charge in [-0.05, 0) is 41.5 Å². The van der Waals surface area contributed by atoms with Crippen molar-refractivity contribution in [1.29, 1.82) is 0 Å². The molecule has 0 spiro atoms. The smallest absolute Gasteiger partial charge is 0.0840 e. The van der Waals surface area contributed by atoms with Gasteiger partial charge in [-0.15, -0.1) is 0 Å². The third-order valence-corrected chi connectivity index (χ3v) is 7.82. The maximum atomic E-state index is 2.42. The molecule has 3 nitrogen and oxygen atoms in total. The van der Waals surface area contributed by atoms with Crippen LogP contribution >= 0.6 is 0 Å². The van der Waals surface area contributed by atoms with Gasteiger partial charge in [-0.25, -0.2) is 0 Å². The number of nitrogens with zero attached hydrogens (tertiary/aromatic N) is 3. The first-order valence-electron chi connectivity index (χ1n) is 11.0. The number of rotatable bonds is 6. The summed E-state index contributed by atoms with van der Waals surface area (Å²) in [6.45, 7) is 30.7. The van der Waals surface area contributed by atoms with Crippen LogP contribution in [-0.4, -0.2) is 92.0 Å². The minimum atomic E-state index is 1.31. The minimum absolute atomic E-state index is 1.31. The topological polar surface area (TPSA) is 0 Å². The van der Waals surface area contributed by atoms with Gasteiger partial charge in [-0.2, -0.15) is 0 Å². The molecule has 1 saturated heterocycles. The molecule has 0 saturated carbocycles. The first kappa shape index (κ1) is 21.9. The molecular weight excluding hydrogens is 294 g/mol. The highest BCUT2D eigenvalue weighted by Crippen LogP contribution is 2.19. The standard InChI is InChI=1S/C21H48N3/c1-7-22(8-2)16-13-18-23(9-3,10-4)20-15-21-24(11-5,12-6)19-14-17-22/h7-21H2,1-6H3/q+3. The van der Waals surface area contributed by atoms with Crippen LogP contribution in [-0.2, 0) is 0 Å². The van der Waals surface area contributed by atoms with Crippen LogP contribution in [0.2, 0.25) is 0 Å². The zero-order valence-corrected chi connectivity index (χ0v) is 17.9. The molecule has 3 heteroatoms. The Morgan fingerprint density at radius 1 is 0.375 bits per heavy atom. The van der Waals surface area contributed by atoms with E-state index in [9.17, 15) is 0 Å². The third-order valence-electron chi connectivity index (χ3n) is 7.82. The predicted molar refractivity (Wildman–Crippen MR) is 107 cm³/mol. The van der Waals surface area contributed by atoms with E-state index in [1.54, 1.807) is 0 Å². The van der Waals surface area contributed by atoms with E-state index >= 15 is 0 Å². The second kappa shape index (κ2) is 10.1. The van der Waals surface area contributed by atoms with Gasteiger partial charge in [-0.3, -0.25) is 0 Å². The fraction of sp³-hybridized carbons (Fsp3) is 1.00. The quantitative estimate of drug-likeness (QED) is 0.645. The van der Waals surface area contributed by atoms with E-state index in [1.165, 1.54) is 111 Å². The largest absolute Gasteiger partial charge is 0.324 e. The summed E-state index contributed by atoms with van der Waals surface area (Å²) < 4.78 is 4.04. The van der Waals surface area contributed by atoms with E-state index in [1.807, 2.05) is 0 Å². The van der Waals surface area contributed by atoms with Crippen LogP contribution in [0.5, 0.6) is 0 Å². The van der Waals surface area contributed by atoms with Gasteiger partial charge in [0.05, 0.1) is 78.5 Å². The number of quaternary nitrogens is 3. The van der Waals surface area contributed by atoms with Gasteiger partial charge in [0.25, 0.3) is 0 Å². The lowest BCUT2D eigenvalue weighted by atomic mass is 10.1. The molecule has 0 aromatic heterocycles. The van der Waals surface area contributed by atoms with Crippen molar-refractivity contribution in [2.24, 2.45) is 0 Å². The molecule has 144 valence electrons. The van der Waals surface area contributed by atoms with Crippen LogP contribution in [0.3, 0.4) is 0 Å². The van der Waals surface area contributed by atoms with Crippen LogP contribution < -0.4 is 0 Å². The van der Waals surface area contributed by atoms with Gasteiger partial charge >= 0.3 is 0 Å². The van der Waals surface area contributed by atoms with E-state index in [2.05, 4.69) is 41.5 Å². The van der Waals surface area contributed by atoms with Gasteiger partial charge in [-0.1, -0.05) is 0 Å². The van der Waals surface area contributed by atoms with Gasteiger partial charge in [0.15, 0.2) is 0 Å². The van der Waals surface area contributed by atoms with Crippen molar-refractivity contribution in [2.45, 2.75) is 60.8 Å².